The number of halogens is 4. The second kappa shape index (κ2) is 7.18. The first kappa shape index (κ1) is 19.7. The number of carbonyl (C=O) groups excluding carboxylic acids is 1. The third-order valence-electron chi connectivity index (χ3n) is 5.70. The number of fused-ring (bicyclic) bond motifs is 1. The van der Waals surface area contributed by atoms with Crippen LogP contribution in [0.1, 0.15) is 64.1 Å². The van der Waals surface area contributed by atoms with Gasteiger partial charge in [0, 0.05) is 23.5 Å². The Bertz CT molecular complexity index is 1170. The van der Waals surface area contributed by atoms with E-state index in [0.29, 0.717) is 24.5 Å². The number of carbonyl (C=O) groups is 1. The van der Waals surface area contributed by atoms with Crippen molar-refractivity contribution in [2.45, 2.75) is 43.8 Å². The van der Waals surface area contributed by atoms with Gasteiger partial charge in [-0.05, 0) is 67.5 Å². The van der Waals surface area contributed by atoms with Crippen LogP contribution >= 0.6 is 0 Å². The van der Waals surface area contributed by atoms with Gasteiger partial charge in [0.1, 0.15) is 11.5 Å². The SMILES string of the molecule is O=C(N[C@@H]1CCc2nn(-c3ccnc(C(F)(F)F)c3)cc21)c1cc(F)cc(C2CC2)c1. The van der Waals surface area contributed by atoms with Crippen molar-refractivity contribution >= 4 is 5.91 Å². The van der Waals surface area contributed by atoms with Gasteiger partial charge < -0.3 is 5.32 Å². The molecule has 160 valence electrons. The highest BCUT2D eigenvalue weighted by atomic mass is 19.4. The maximum absolute atomic E-state index is 14.0. The van der Waals surface area contributed by atoms with Crippen LogP contribution in [0.25, 0.3) is 5.69 Å². The average molecular weight is 430 g/mol. The van der Waals surface area contributed by atoms with E-state index in [4.69, 9.17) is 0 Å². The Morgan fingerprint density at radius 3 is 2.68 bits per heavy atom. The summed E-state index contributed by atoms with van der Waals surface area (Å²) in [5.74, 6) is -0.497. The fraction of sp³-hybridized carbons (Fsp3) is 0.318. The van der Waals surface area contributed by atoms with Crippen LogP contribution in [0.4, 0.5) is 17.6 Å². The van der Waals surface area contributed by atoms with E-state index >= 15 is 0 Å². The molecule has 0 spiro atoms. The molecule has 0 saturated heterocycles. The summed E-state index contributed by atoms with van der Waals surface area (Å²) in [6.07, 6.45) is 1.38. The lowest BCUT2D eigenvalue weighted by Gasteiger charge is -2.14. The lowest BCUT2D eigenvalue weighted by molar-refractivity contribution is -0.141. The van der Waals surface area contributed by atoms with Gasteiger partial charge in [0.05, 0.1) is 17.4 Å². The van der Waals surface area contributed by atoms with Crippen molar-refractivity contribution < 1.29 is 22.4 Å². The summed E-state index contributed by atoms with van der Waals surface area (Å²) in [5.41, 5.74) is 1.81. The number of aromatic nitrogens is 3. The number of pyridine rings is 1. The van der Waals surface area contributed by atoms with Crippen LogP contribution in [0, 0.1) is 5.82 Å². The highest BCUT2D eigenvalue weighted by Gasteiger charge is 2.33. The summed E-state index contributed by atoms with van der Waals surface area (Å²) >= 11 is 0. The van der Waals surface area contributed by atoms with E-state index in [0.717, 1.165) is 36.2 Å². The summed E-state index contributed by atoms with van der Waals surface area (Å²) in [6, 6.07) is 6.45. The lowest BCUT2D eigenvalue weighted by Crippen LogP contribution is -2.27. The van der Waals surface area contributed by atoms with Crippen molar-refractivity contribution in [3.63, 3.8) is 0 Å². The highest BCUT2D eigenvalue weighted by molar-refractivity contribution is 5.94. The van der Waals surface area contributed by atoms with Gasteiger partial charge in [-0.1, -0.05) is 0 Å². The quantitative estimate of drug-likeness (QED) is 0.610. The number of nitrogens with zero attached hydrogens (tertiary/aromatic N) is 3. The second-order valence-electron chi connectivity index (χ2n) is 7.98. The summed E-state index contributed by atoms with van der Waals surface area (Å²) in [6.45, 7) is 0. The smallest absolute Gasteiger partial charge is 0.345 e. The Morgan fingerprint density at radius 2 is 1.94 bits per heavy atom. The minimum Gasteiger partial charge on any atom is -0.345 e. The number of benzene rings is 1. The molecule has 1 saturated carbocycles. The van der Waals surface area contributed by atoms with Gasteiger partial charge in [-0.3, -0.25) is 9.78 Å². The largest absolute Gasteiger partial charge is 0.433 e. The molecule has 0 radical (unpaired) electrons. The highest BCUT2D eigenvalue weighted by Crippen LogP contribution is 2.40. The molecule has 9 heteroatoms. The molecule has 1 fully saturated rings. The predicted molar refractivity (Wildman–Crippen MR) is 103 cm³/mol. The summed E-state index contributed by atoms with van der Waals surface area (Å²) < 4.78 is 54.2. The molecule has 0 aliphatic heterocycles. The summed E-state index contributed by atoms with van der Waals surface area (Å²) in [5, 5.41) is 7.30. The summed E-state index contributed by atoms with van der Waals surface area (Å²) in [4.78, 5) is 16.1. The van der Waals surface area contributed by atoms with E-state index in [2.05, 4.69) is 15.4 Å². The molecular formula is C22H18F4N4O. The van der Waals surface area contributed by atoms with Gasteiger partial charge in [0.15, 0.2) is 0 Å². The normalized spacial score (nSPS) is 18.1. The molecule has 3 aromatic rings. The molecule has 2 aliphatic carbocycles. The van der Waals surface area contributed by atoms with Crippen molar-refractivity contribution in [3.8, 4) is 5.69 Å². The second-order valence-corrected chi connectivity index (χ2v) is 7.98. The van der Waals surface area contributed by atoms with Crippen molar-refractivity contribution in [2.75, 3.05) is 0 Å². The van der Waals surface area contributed by atoms with E-state index in [9.17, 15) is 22.4 Å². The van der Waals surface area contributed by atoms with Gasteiger partial charge in [-0.2, -0.15) is 18.3 Å². The van der Waals surface area contributed by atoms with Crippen molar-refractivity contribution in [1.29, 1.82) is 0 Å². The number of aryl methyl sites for hydroxylation is 1. The molecule has 2 heterocycles. The van der Waals surface area contributed by atoms with Crippen molar-refractivity contribution in [1.82, 2.24) is 20.1 Å². The zero-order chi connectivity index (χ0) is 21.8. The van der Waals surface area contributed by atoms with Gasteiger partial charge >= 0.3 is 6.18 Å². The molecule has 2 aliphatic rings. The Morgan fingerprint density at radius 1 is 1.13 bits per heavy atom. The number of rotatable bonds is 4. The van der Waals surface area contributed by atoms with Crippen LogP contribution in [0.3, 0.4) is 0 Å². The zero-order valence-electron chi connectivity index (χ0n) is 16.3. The molecule has 5 rings (SSSR count). The molecule has 1 atom stereocenters. The van der Waals surface area contributed by atoms with E-state index in [1.54, 1.807) is 12.3 Å². The Hall–Kier alpha value is -3.23. The first-order valence-electron chi connectivity index (χ1n) is 10.0. The van der Waals surface area contributed by atoms with Crippen LogP contribution in [0.2, 0.25) is 0 Å². The molecule has 1 amide bonds. The number of amides is 1. The topological polar surface area (TPSA) is 59.8 Å². The standard InChI is InChI=1S/C22H18F4N4O/c23-15-8-13(12-1-2-12)7-14(9-15)21(31)28-18-3-4-19-17(18)11-30(29-19)16-5-6-27-20(10-16)22(24,25)26/h5-12,18H,1-4H2,(H,28,31)/t18-/m1/s1. The van der Waals surface area contributed by atoms with Crippen LogP contribution in [0.15, 0.2) is 42.7 Å². The molecule has 5 nitrogen and oxygen atoms in total. The monoisotopic (exact) mass is 430 g/mol. The Labute approximate surface area is 175 Å². The van der Waals surface area contributed by atoms with Crippen molar-refractivity contribution in [2.24, 2.45) is 0 Å². The zero-order valence-corrected chi connectivity index (χ0v) is 16.3. The molecule has 31 heavy (non-hydrogen) atoms. The maximum atomic E-state index is 14.0. The molecule has 2 aromatic heterocycles. The fourth-order valence-electron chi connectivity index (χ4n) is 3.98. The minimum absolute atomic E-state index is 0.237. The number of hydrogen-bond donors (Lipinski definition) is 1. The van der Waals surface area contributed by atoms with Gasteiger partial charge in [-0.15, -0.1) is 0 Å². The van der Waals surface area contributed by atoms with Crippen molar-refractivity contribution in [3.05, 3.63) is 76.6 Å². The maximum Gasteiger partial charge on any atom is 0.433 e. The lowest BCUT2D eigenvalue weighted by atomic mass is 10.1. The minimum atomic E-state index is -4.55. The van der Waals surface area contributed by atoms with Gasteiger partial charge in [0.2, 0.25) is 0 Å². The first-order valence-corrected chi connectivity index (χ1v) is 10.0. The molecular weight excluding hydrogens is 412 g/mol. The molecule has 0 bridgehead atoms. The third-order valence-corrected chi connectivity index (χ3v) is 5.70. The molecule has 1 N–H and O–H groups in total. The van der Waals surface area contributed by atoms with E-state index in [-0.39, 0.29) is 23.2 Å². The third kappa shape index (κ3) is 3.92. The van der Waals surface area contributed by atoms with Crippen LogP contribution in [-0.2, 0) is 12.6 Å². The number of alkyl halides is 3. The predicted octanol–water partition coefficient (Wildman–Crippen LogP) is 4.72. The van der Waals surface area contributed by atoms with E-state index in [1.165, 1.54) is 22.9 Å². The first-order chi connectivity index (χ1) is 14.8. The van der Waals surface area contributed by atoms with Crippen LogP contribution < -0.4 is 5.32 Å². The van der Waals surface area contributed by atoms with Gasteiger partial charge in [-0.25, -0.2) is 9.07 Å². The fourth-order valence-corrected chi connectivity index (χ4v) is 3.98. The summed E-state index contributed by atoms with van der Waals surface area (Å²) in [7, 11) is 0. The Kier molecular flexibility index (Phi) is 4.56. The van der Waals surface area contributed by atoms with Gasteiger partial charge in [0.25, 0.3) is 5.91 Å². The van der Waals surface area contributed by atoms with Crippen LogP contribution in [-0.4, -0.2) is 20.7 Å². The van der Waals surface area contributed by atoms with E-state index < -0.39 is 17.7 Å². The molecule has 1 aromatic carbocycles. The number of hydrogen-bond acceptors (Lipinski definition) is 3. The Balaban J connectivity index is 1.37. The molecule has 0 unspecified atom stereocenters. The number of nitrogens with one attached hydrogen (secondary N) is 1. The van der Waals surface area contributed by atoms with E-state index in [1.807, 2.05) is 0 Å². The average Bonchev–Trinajstić information content (AvgIpc) is 3.39. The van der Waals surface area contributed by atoms with Crippen LogP contribution in [0.5, 0.6) is 0 Å².